The maximum atomic E-state index is 11.7. The monoisotopic (exact) mass is 227 g/mol. The van der Waals surface area contributed by atoms with Crippen LogP contribution in [0.3, 0.4) is 0 Å². The molecule has 0 radical (unpaired) electrons. The van der Waals surface area contributed by atoms with Gasteiger partial charge in [0.25, 0.3) is 0 Å². The van der Waals surface area contributed by atoms with Crippen LogP contribution in [0.25, 0.3) is 0 Å². The molecule has 1 aliphatic heterocycles. The van der Waals surface area contributed by atoms with Gasteiger partial charge in [0.1, 0.15) is 6.04 Å². The van der Waals surface area contributed by atoms with Gasteiger partial charge in [-0.2, -0.15) is 0 Å². The van der Waals surface area contributed by atoms with Crippen LogP contribution in [-0.4, -0.2) is 48.2 Å². The van der Waals surface area contributed by atoms with Gasteiger partial charge in [0.15, 0.2) is 0 Å². The lowest BCUT2D eigenvalue weighted by Gasteiger charge is -2.37. The maximum absolute atomic E-state index is 11.7. The minimum absolute atomic E-state index is 0.0957. The number of hydrogen-bond donors (Lipinski definition) is 4. The molecule has 1 unspecified atom stereocenters. The molecule has 2 aliphatic rings. The number of rotatable bonds is 3. The first-order valence-corrected chi connectivity index (χ1v) is 5.59. The Morgan fingerprint density at radius 1 is 1.56 bits per heavy atom. The Kier molecular flexibility index (Phi) is 3.11. The summed E-state index contributed by atoms with van der Waals surface area (Å²) in [6.07, 6.45) is 2.52. The van der Waals surface area contributed by atoms with Gasteiger partial charge in [0, 0.05) is 13.1 Å². The van der Waals surface area contributed by atoms with E-state index >= 15 is 0 Å². The topological polar surface area (TPSA) is 90.5 Å². The second-order valence-electron chi connectivity index (χ2n) is 4.53. The van der Waals surface area contributed by atoms with E-state index in [2.05, 4.69) is 16.0 Å². The molecule has 0 bridgehead atoms. The molecule has 1 heterocycles. The molecule has 2 fully saturated rings. The normalized spacial score (nSPS) is 27.8. The van der Waals surface area contributed by atoms with Crippen molar-refractivity contribution in [1.82, 2.24) is 16.0 Å². The lowest BCUT2D eigenvalue weighted by atomic mass is 9.80. The van der Waals surface area contributed by atoms with E-state index in [0.717, 1.165) is 19.3 Å². The molecule has 1 saturated carbocycles. The Morgan fingerprint density at radius 3 is 2.81 bits per heavy atom. The molecule has 16 heavy (non-hydrogen) atoms. The molecule has 0 aromatic carbocycles. The summed E-state index contributed by atoms with van der Waals surface area (Å²) < 4.78 is 0. The van der Waals surface area contributed by atoms with Crippen molar-refractivity contribution in [2.75, 3.05) is 19.6 Å². The average molecular weight is 227 g/mol. The minimum Gasteiger partial charge on any atom is -0.388 e. The first-order chi connectivity index (χ1) is 7.59. The lowest BCUT2D eigenvalue weighted by Crippen LogP contribution is -2.59. The Labute approximate surface area is 93.8 Å². The SMILES string of the molecule is O=C1CNC(C(=O)NCC2(O)CCC2)CN1. The van der Waals surface area contributed by atoms with Gasteiger partial charge in [0.05, 0.1) is 12.1 Å². The second kappa shape index (κ2) is 4.39. The highest BCUT2D eigenvalue weighted by atomic mass is 16.3. The van der Waals surface area contributed by atoms with Crippen molar-refractivity contribution in [1.29, 1.82) is 0 Å². The van der Waals surface area contributed by atoms with Crippen LogP contribution >= 0.6 is 0 Å². The van der Waals surface area contributed by atoms with E-state index in [0.29, 0.717) is 13.1 Å². The van der Waals surface area contributed by atoms with Crippen molar-refractivity contribution in [3.05, 3.63) is 0 Å². The van der Waals surface area contributed by atoms with Crippen molar-refractivity contribution < 1.29 is 14.7 Å². The number of carbonyl (C=O) groups is 2. The average Bonchev–Trinajstić information content (AvgIpc) is 2.24. The molecule has 6 heteroatoms. The van der Waals surface area contributed by atoms with Gasteiger partial charge in [-0.25, -0.2) is 0 Å². The van der Waals surface area contributed by atoms with Crippen LogP contribution < -0.4 is 16.0 Å². The van der Waals surface area contributed by atoms with E-state index in [4.69, 9.17) is 0 Å². The third kappa shape index (κ3) is 2.51. The van der Waals surface area contributed by atoms with Crippen LogP contribution in [-0.2, 0) is 9.59 Å². The Bertz CT molecular complexity index is 292. The van der Waals surface area contributed by atoms with Gasteiger partial charge in [-0.3, -0.25) is 14.9 Å². The molecule has 6 nitrogen and oxygen atoms in total. The van der Waals surface area contributed by atoms with E-state index in [1.807, 2.05) is 0 Å². The predicted molar refractivity (Wildman–Crippen MR) is 56.6 cm³/mol. The molecule has 0 aromatic rings. The Balaban J connectivity index is 1.73. The highest BCUT2D eigenvalue weighted by molar-refractivity contribution is 5.86. The highest BCUT2D eigenvalue weighted by Crippen LogP contribution is 2.30. The van der Waals surface area contributed by atoms with Gasteiger partial charge in [0.2, 0.25) is 11.8 Å². The second-order valence-corrected chi connectivity index (χ2v) is 4.53. The standard InChI is InChI=1S/C10H17N3O3/c14-8-5-11-7(4-12-8)9(15)13-6-10(16)2-1-3-10/h7,11,16H,1-6H2,(H,12,14)(H,13,15). The summed E-state index contributed by atoms with van der Waals surface area (Å²) in [5.41, 5.74) is -0.701. The van der Waals surface area contributed by atoms with E-state index in [1.165, 1.54) is 0 Å². The van der Waals surface area contributed by atoms with Crippen LogP contribution in [0.15, 0.2) is 0 Å². The van der Waals surface area contributed by atoms with Gasteiger partial charge >= 0.3 is 0 Å². The third-order valence-corrected chi connectivity index (χ3v) is 3.20. The summed E-state index contributed by atoms with van der Waals surface area (Å²) in [6, 6.07) is -0.388. The van der Waals surface area contributed by atoms with Crippen LogP contribution in [0.1, 0.15) is 19.3 Å². The van der Waals surface area contributed by atoms with Crippen LogP contribution in [0.5, 0.6) is 0 Å². The van der Waals surface area contributed by atoms with Crippen molar-refractivity contribution >= 4 is 11.8 Å². The third-order valence-electron chi connectivity index (χ3n) is 3.20. The van der Waals surface area contributed by atoms with Gasteiger partial charge in [-0.15, -0.1) is 0 Å². The number of hydrogen-bond acceptors (Lipinski definition) is 4. The van der Waals surface area contributed by atoms with E-state index in [9.17, 15) is 14.7 Å². The van der Waals surface area contributed by atoms with Gasteiger partial charge < -0.3 is 15.7 Å². The largest absolute Gasteiger partial charge is 0.388 e. The summed E-state index contributed by atoms with van der Waals surface area (Å²) in [5.74, 6) is -0.262. The molecule has 1 aliphatic carbocycles. The molecule has 2 amide bonds. The number of carbonyl (C=O) groups excluding carboxylic acids is 2. The summed E-state index contributed by atoms with van der Waals surface area (Å²) >= 11 is 0. The molecule has 90 valence electrons. The van der Waals surface area contributed by atoms with Crippen LogP contribution in [0.4, 0.5) is 0 Å². The molecular weight excluding hydrogens is 210 g/mol. The van der Waals surface area contributed by atoms with E-state index in [1.54, 1.807) is 0 Å². The molecule has 4 N–H and O–H groups in total. The molecule has 0 aromatic heterocycles. The Hall–Kier alpha value is -1.14. The van der Waals surface area contributed by atoms with Crippen LogP contribution in [0.2, 0.25) is 0 Å². The number of piperazine rings is 1. The fraction of sp³-hybridized carbons (Fsp3) is 0.800. The van der Waals surface area contributed by atoms with Crippen LogP contribution in [0, 0.1) is 0 Å². The number of amides is 2. The predicted octanol–water partition coefficient (Wildman–Crippen LogP) is -1.89. The molecule has 2 rings (SSSR count). The molecule has 1 saturated heterocycles. The summed E-state index contributed by atoms with van der Waals surface area (Å²) in [7, 11) is 0. The zero-order valence-corrected chi connectivity index (χ0v) is 9.08. The van der Waals surface area contributed by atoms with Gasteiger partial charge in [-0.05, 0) is 19.3 Å². The van der Waals surface area contributed by atoms with Crippen molar-refractivity contribution in [3.8, 4) is 0 Å². The summed E-state index contributed by atoms with van der Waals surface area (Å²) in [4.78, 5) is 22.5. The van der Waals surface area contributed by atoms with Crippen molar-refractivity contribution in [2.24, 2.45) is 0 Å². The molecule has 0 spiro atoms. The van der Waals surface area contributed by atoms with Crippen molar-refractivity contribution in [3.63, 3.8) is 0 Å². The summed E-state index contributed by atoms with van der Waals surface area (Å²) in [5, 5.41) is 17.9. The smallest absolute Gasteiger partial charge is 0.239 e. The van der Waals surface area contributed by atoms with E-state index < -0.39 is 5.60 Å². The molecule has 1 atom stereocenters. The maximum Gasteiger partial charge on any atom is 0.239 e. The van der Waals surface area contributed by atoms with E-state index in [-0.39, 0.29) is 24.4 Å². The first kappa shape index (κ1) is 11.3. The fourth-order valence-corrected chi connectivity index (χ4v) is 1.89. The minimum atomic E-state index is -0.701. The fourth-order valence-electron chi connectivity index (χ4n) is 1.89. The highest BCUT2D eigenvalue weighted by Gasteiger charge is 2.35. The van der Waals surface area contributed by atoms with Crippen molar-refractivity contribution in [2.45, 2.75) is 30.9 Å². The lowest BCUT2D eigenvalue weighted by molar-refractivity contribution is -0.128. The molecular formula is C10H17N3O3. The zero-order chi connectivity index (χ0) is 11.6. The Morgan fingerprint density at radius 2 is 2.31 bits per heavy atom. The van der Waals surface area contributed by atoms with Gasteiger partial charge in [-0.1, -0.05) is 0 Å². The zero-order valence-electron chi connectivity index (χ0n) is 9.08. The quantitative estimate of drug-likeness (QED) is 0.453. The number of nitrogens with one attached hydrogen (secondary N) is 3. The summed E-state index contributed by atoms with van der Waals surface area (Å²) in [6.45, 7) is 0.781. The number of aliphatic hydroxyl groups is 1. The first-order valence-electron chi connectivity index (χ1n) is 5.59.